The minimum absolute atomic E-state index is 0.0258. The van der Waals surface area contributed by atoms with Gasteiger partial charge < -0.3 is 19.7 Å². The molecule has 1 heterocycles. The van der Waals surface area contributed by atoms with Crippen LogP contribution in [0, 0.1) is 11.3 Å². The van der Waals surface area contributed by atoms with E-state index in [1.165, 1.54) is 0 Å². The number of likely N-dealkylation sites (N-methyl/N-ethyl adjacent to an activating group) is 1. The van der Waals surface area contributed by atoms with Crippen molar-refractivity contribution in [2.75, 3.05) is 33.3 Å². The third-order valence-electron chi connectivity index (χ3n) is 6.98. The molecule has 1 saturated heterocycles. The Bertz CT molecular complexity index is 1050. The van der Waals surface area contributed by atoms with Crippen molar-refractivity contribution in [3.05, 3.63) is 108 Å². The van der Waals surface area contributed by atoms with E-state index in [1.54, 1.807) is 12.1 Å². The van der Waals surface area contributed by atoms with Crippen LogP contribution in [0.2, 0.25) is 0 Å². The third-order valence-corrected chi connectivity index (χ3v) is 6.98. The van der Waals surface area contributed by atoms with Crippen LogP contribution in [0.4, 0.5) is 0 Å². The van der Waals surface area contributed by atoms with E-state index >= 15 is 0 Å². The van der Waals surface area contributed by atoms with E-state index in [0.29, 0.717) is 23.2 Å². The Morgan fingerprint density at radius 2 is 1.48 bits per heavy atom. The second kappa shape index (κ2) is 9.59. The van der Waals surface area contributed by atoms with Crippen LogP contribution < -0.4 is 5.11 Å². The highest BCUT2D eigenvalue weighted by Crippen LogP contribution is 2.44. The third kappa shape index (κ3) is 4.55. The van der Waals surface area contributed by atoms with Crippen molar-refractivity contribution in [1.29, 1.82) is 5.41 Å². The number of rotatable bonds is 8. The Morgan fingerprint density at radius 1 is 0.970 bits per heavy atom. The van der Waals surface area contributed by atoms with Gasteiger partial charge in [0.2, 0.25) is 0 Å². The zero-order valence-electron chi connectivity index (χ0n) is 18.9. The number of hydrogen-bond acceptors (Lipinski definition) is 4. The van der Waals surface area contributed by atoms with Gasteiger partial charge >= 0.3 is 5.97 Å². The number of ether oxygens (including phenoxy) is 1. The molecular formula is C28H30N2O3. The molecule has 1 unspecified atom stereocenters. The van der Waals surface area contributed by atoms with Gasteiger partial charge in [-0.25, -0.2) is 4.79 Å². The van der Waals surface area contributed by atoms with E-state index in [0.717, 1.165) is 30.6 Å². The molecule has 0 bridgehead atoms. The van der Waals surface area contributed by atoms with Crippen molar-refractivity contribution < 1.29 is 19.1 Å². The summed E-state index contributed by atoms with van der Waals surface area (Å²) in [6.45, 7) is 2.58. The summed E-state index contributed by atoms with van der Waals surface area (Å²) in [4.78, 5) is 12.3. The van der Waals surface area contributed by atoms with Crippen LogP contribution in [0.5, 0.6) is 0 Å². The largest absolute Gasteiger partial charge is 0.861 e. The molecule has 0 aliphatic carbocycles. The average Bonchev–Trinajstić information content (AvgIpc) is 3.23. The minimum Gasteiger partial charge on any atom is -0.861 e. The first-order valence-corrected chi connectivity index (χ1v) is 11.4. The number of benzene rings is 3. The van der Waals surface area contributed by atoms with Gasteiger partial charge in [0.1, 0.15) is 13.2 Å². The maximum absolute atomic E-state index is 13.1. The number of carbonyl (C=O) groups is 1. The molecule has 1 aliphatic rings. The number of esters is 1. The van der Waals surface area contributed by atoms with Gasteiger partial charge in [0, 0.05) is 12.3 Å². The predicted octanol–water partition coefficient (Wildman–Crippen LogP) is 3.63. The average molecular weight is 443 g/mol. The number of likely N-dealkylation sites (tertiary alicyclic amines) is 1. The first-order chi connectivity index (χ1) is 16.0. The lowest BCUT2D eigenvalue weighted by Gasteiger charge is -2.43. The fraction of sp³-hybridized carbons (Fsp3) is 0.286. The van der Waals surface area contributed by atoms with Crippen LogP contribution in [0.25, 0.3) is 0 Å². The number of quaternary nitrogens is 1. The topological polar surface area (TPSA) is 73.2 Å². The van der Waals surface area contributed by atoms with E-state index in [2.05, 4.69) is 7.05 Å². The summed E-state index contributed by atoms with van der Waals surface area (Å²) in [7, 11) is 2.14. The summed E-state index contributed by atoms with van der Waals surface area (Å²) in [5.41, 5.74) is 1.26. The smallest absolute Gasteiger partial charge is 0.338 e. The molecule has 1 aliphatic heterocycles. The normalized spacial score (nSPS) is 20.3. The molecule has 170 valence electrons. The maximum atomic E-state index is 13.1. The highest BCUT2D eigenvalue weighted by atomic mass is 16.5. The Hall–Kier alpha value is -3.44. The minimum atomic E-state index is -1.01. The highest BCUT2D eigenvalue weighted by molar-refractivity contribution is 5.89. The fourth-order valence-electron chi connectivity index (χ4n) is 5.24. The van der Waals surface area contributed by atoms with Crippen LogP contribution in [0.15, 0.2) is 91.0 Å². The van der Waals surface area contributed by atoms with Gasteiger partial charge in [-0.15, -0.1) is 0 Å². The molecular weight excluding hydrogens is 412 g/mol. The van der Waals surface area contributed by atoms with Crippen LogP contribution in [-0.2, 0) is 10.2 Å². The van der Waals surface area contributed by atoms with Gasteiger partial charge in [-0.2, -0.15) is 0 Å². The van der Waals surface area contributed by atoms with Crippen molar-refractivity contribution >= 4 is 11.9 Å². The summed E-state index contributed by atoms with van der Waals surface area (Å²) in [6, 6.07) is 28.5. The van der Waals surface area contributed by atoms with Gasteiger partial charge in [-0.1, -0.05) is 78.9 Å². The SMILES string of the molecule is C[N@@+]1(CCOC(=O)c2ccccc2)CCC(C(C(=N)[O-])(c2ccccc2)c2ccccc2)C1. The summed E-state index contributed by atoms with van der Waals surface area (Å²) in [5.74, 6) is -0.918. The van der Waals surface area contributed by atoms with Crippen molar-refractivity contribution in [2.45, 2.75) is 11.8 Å². The second-order valence-corrected chi connectivity index (χ2v) is 9.11. The summed E-state index contributed by atoms with van der Waals surface area (Å²) < 4.78 is 6.23. The second-order valence-electron chi connectivity index (χ2n) is 9.11. The Morgan fingerprint density at radius 3 is 2.00 bits per heavy atom. The number of nitrogens with one attached hydrogen (secondary N) is 1. The van der Waals surface area contributed by atoms with Gasteiger partial charge in [0.05, 0.1) is 31.1 Å². The van der Waals surface area contributed by atoms with Crippen LogP contribution in [0.3, 0.4) is 0 Å². The summed E-state index contributed by atoms with van der Waals surface area (Å²) in [6.07, 6.45) is 0.817. The van der Waals surface area contributed by atoms with E-state index in [4.69, 9.17) is 10.1 Å². The first kappa shape index (κ1) is 22.7. The van der Waals surface area contributed by atoms with Crippen molar-refractivity contribution in [3.8, 4) is 0 Å². The lowest BCUT2D eigenvalue weighted by atomic mass is 9.65. The van der Waals surface area contributed by atoms with Crippen LogP contribution >= 0.6 is 0 Å². The Labute approximate surface area is 195 Å². The molecule has 0 spiro atoms. The fourth-order valence-corrected chi connectivity index (χ4v) is 5.24. The summed E-state index contributed by atoms with van der Waals surface area (Å²) in [5, 5.41) is 21.5. The van der Waals surface area contributed by atoms with E-state index in [-0.39, 0.29) is 11.9 Å². The summed E-state index contributed by atoms with van der Waals surface area (Å²) >= 11 is 0. The van der Waals surface area contributed by atoms with E-state index in [1.807, 2.05) is 78.9 Å². The number of nitrogens with zero attached hydrogens (tertiary/aromatic N) is 1. The maximum Gasteiger partial charge on any atom is 0.338 e. The van der Waals surface area contributed by atoms with Gasteiger partial charge in [0.25, 0.3) is 0 Å². The standard InChI is InChI=1S/C28H30N2O3/c1-30(19-20-33-26(31)22-11-5-2-6-12-22)18-17-25(21-30)28(27(29)32,23-13-7-3-8-14-23)24-15-9-4-10-16-24/h2-16,25H,17-21H2,1H3,(H-,29,32)/t25?,30-/m0/s1. The molecule has 1 N–H and O–H groups in total. The molecule has 3 aromatic rings. The molecule has 1 fully saturated rings. The predicted molar refractivity (Wildman–Crippen MR) is 127 cm³/mol. The van der Waals surface area contributed by atoms with Crippen molar-refractivity contribution in [2.24, 2.45) is 5.92 Å². The highest BCUT2D eigenvalue weighted by Gasteiger charge is 2.49. The molecule has 5 nitrogen and oxygen atoms in total. The van der Waals surface area contributed by atoms with Crippen molar-refractivity contribution in [1.82, 2.24) is 0 Å². The molecule has 3 aromatic carbocycles. The Kier molecular flexibility index (Phi) is 6.61. The van der Waals surface area contributed by atoms with E-state index in [9.17, 15) is 9.90 Å². The lowest BCUT2D eigenvalue weighted by molar-refractivity contribution is -0.899. The lowest BCUT2D eigenvalue weighted by Crippen LogP contribution is -2.52. The number of carbonyl (C=O) groups excluding carboxylic acids is 1. The molecule has 0 saturated carbocycles. The number of hydrogen-bond donors (Lipinski definition) is 1. The Balaban J connectivity index is 1.55. The van der Waals surface area contributed by atoms with Gasteiger partial charge in [-0.3, -0.25) is 0 Å². The first-order valence-electron chi connectivity index (χ1n) is 11.4. The zero-order valence-corrected chi connectivity index (χ0v) is 18.9. The van der Waals surface area contributed by atoms with Crippen molar-refractivity contribution in [3.63, 3.8) is 0 Å². The van der Waals surface area contributed by atoms with Gasteiger partial charge in [-0.05, 0) is 29.2 Å². The molecule has 0 radical (unpaired) electrons. The van der Waals surface area contributed by atoms with Crippen LogP contribution in [-0.4, -0.2) is 49.6 Å². The molecule has 0 aromatic heterocycles. The van der Waals surface area contributed by atoms with Crippen LogP contribution in [0.1, 0.15) is 27.9 Å². The van der Waals surface area contributed by atoms with E-state index < -0.39 is 11.3 Å². The molecule has 33 heavy (non-hydrogen) atoms. The monoisotopic (exact) mass is 442 g/mol. The molecule has 4 rings (SSSR count). The van der Waals surface area contributed by atoms with Gasteiger partial charge in [0.15, 0.2) is 0 Å². The quantitative estimate of drug-likeness (QED) is 0.251. The molecule has 5 heteroatoms. The zero-order chi connectivity index (χ0) is 23.3. The molecule has 0 amide bonds. The molecule has 2 atom stereocenters.